The van der Waals surface area contributed by atoms with E-state index in [-0.39, 0.29) is 71.6 Å². The smallest absolute Gasteiger partial charge is 1.00 e. The Bertz CT molecular complexity index is 227. The van der Waals surface area contributed by atoms with Crippen LogP contribution in [0.1, 0.15) is 4.28 Å². The summed E-state index contributed by atoms with van der Waals surface area (Å²) in [6, 6.07) is 0. The first-order valence-corrected chi connectivity index (χ1v) is 3.55. The molecular formula is C6H13CaNaO7. The van der Waals surface area contributed by atoms with E-state index in [1.165, 1.54) is 0 Å². The molecule has 0 aliphatic carbocycles. The fraction of sp³-hybridized carbons (Fsp3) is 0.833. The van der Waals surface area contributed by atoms with Crippen LogP contribution < -0.4 is 29.6 Å². The van der Waals surface area contributed by atoms with Crippen LogP contribution in [0.15, 0.2) is 0 Å². The van der Waals surface area contributed by atoms with Crippen LogP contribution in [0, 0.1) is 0 Å². The molecule has 82 valence electrons. The zero-order chi connectivity index (χ0) is 10.2. The van der Waals surface area contributed by atoms with E-state index < -0.39 is 36.7 Å². The molecule has 7 nitrogen and oxygen atoms in total. The molecule has 1 fully saturated rings. The summed E-state index contributed by atoms with van der Waals surface area (Å²) in [5, 5.41) is 44.4. The maximum absolute atomic E-state index is 10.4. The molecule has 5 N–H and O–H groups in total. The van der Waals surface area contributed by atoms with Crippen molar-refractivity contribution in [2.24, 2.45) is 0 Å². The molecule has 0 radical (unpaired) electrons. The van der Waals surface area contributed by atoms with Crippen molar-refractivity contribution in [3.05, 3.63) is 0 Å². The Hall–Kier alpha value is 1.53. The van der Waals surface area contributed by atoms with Crippen LogP contribution in [0.25, 0.3) is 0 Å². The fourth-order valence-electron chi connectivity index (χ4n) is 1.07. The van der Waals surface area contributed by atoms with Crippen LogP contribution in [0.3, 0.4) is 0 Å². The number of carboxylic acid groups (broad SMARTS) is 1. The van der Waals surface area contributed by atoms with Gasteiger partial charge in [-0.15, -0.1) is 0 Å². The summed E-state index contributed by atoms with van der Waals surface area (Å²) < 4.78 is 4.34. The van der Waals surface area contributed by atoms with Gasteiger partial charge in [0.1, 0.15) is 18.3 Å². The quantitative estimate of drug-likeness (QED) is 0.297. The third kappa shape index (κ3) is 4.36. The molecule has 15 heavy (non-hydrogen) atoms. The number of carboxylic acids is 1. The number of aliphatic carboxylic acids is 1. The Morgan fingerprint density at radius 3 is 1.93 bits per heavy atom. The summed E-state index contributed by atoms with van der Waals surface area (Å²) in [5.74, 6) is -1.52. The number of aliphatic hydroxyl groups is 4. The summed E-state index contributed by atoms with van der Waals surface area (Å²) in [7, 11) is 0. The summed E-state index contributed by atoms with van der Waals surface area (Å²) >= 11 is 0. The van der Waals surface area contributed by atoms with Crippen LogP contribution in [0.5, 0.6) is 0 Å². The number of hydrogen-bond acceptors (Lipinski definition) is 6. The molecule has 1 saturated heterocycles. The van der Waals surface area contributed by atoms with E-state index in [1.54, 1.807) is 0 Å². The van der Waals surface area contributed by atoms with E-state index in [2.05, 4.69) is 4.74 Å². The minimum Gasteiger partial charge on any atom is -1.00 e. The first-order valence-electron chi connectivity index (χ1n) is 3.55. The van der Waals surface area contributed by atoms with E-state index >= 15 is 0 Å². The van der Waals surface area contributed by atoms with Crippen molar-refractivity contribution in [3.63, 3.8) is 0 Å². The van der Waals surface area contributed by atoms with Crippen molar-refractivity contribution in [2.45, 2.75) is 30.7 Å². The largest absolute Gasteiger partial charge is 2.00 e. The molecule has 0 unspecified atom stereocenters. The van der Waals surface area contributed by atoms with E-state index in [4.69, 9.17) is 25.5 Å². The van der Waals surface area contributed by atoms with Gasteiger partial charge in [0.15, 0.2) is 12.4 Å². The minimum atomic E-state index is -1.81. The molecule has 1 aliphatic rings. The zero-order valence-corrected chi connectivity index (χ0v) is 12.4. The van der Waals surface area contributed by atoms with Crippen molar-refractivity contribution < 1.29 is 68.9 Å². The number of rotatable bonds is 1. The Morgan fingerprint density at radius 2 is 1.53 bits per heavy atom. The topological polar surface area (TPSA) is 127 Å². The molecule has 0 bridgehead atoms. The monoisotopic (exact) mass is 260 g/mol. The molecule has 0 aromatic rings. The second-order valence-electron chi connectivity index (χ2n) is 2.76. The molecule has 0 saturated carbocycles. The maximum atomic E-state index is 10.4. The van der Waals surface area contributed by atoms with Crippen LogP contribution in [-0.4, -0.2) is 99.9 Å². The van der Waals surface area contributed by atoms with Crippen molar-refractivity contribution in [3.8, 4) is 0 Å². The average molecular weight is 260 g/mol. The van der Waals surface area contributed by atoms with Gasteiger partial charge < -0.3 is 34.5 Å². The fourth-order valence-corrected chi connectivity index (χ4v) is 1.07. The minimum absolute atomic E-state index is 0. The average Bonchev–Trinajstić information content (AvgIpc) is 2.07. The van der Waals surface area contributed by atoms with Gasteiger partial charge in [-0.05, 0) is 0 Å². The van der Waals surface area contributed by atoms with E-state index in [1.807, 2.05) is 0 Å². The first kappa shape index (κ1) is 18.9. The van der Waals surface area contributed by atoms with Gasteiger partial charge in [0.2, 0.25) is 0 Å². The van der Waals surface area contributed by atoms with Gasteiger partial charge in [0, 0.05) is 0 Å². The van der Waals surface area contributed by atoms with Crippen molar-refractivity contribution in [1.82, 2.24) is 0 Å². The molecule has 1 aliphatic heterocycles. The van der Waals surface area contributed by atoms with Crippen molar-refractivity contribution >= 4 is 43.7 Å². The Balaban J connectivity index is -0.000000113. The molecule has 0 spiro atoms. The van der Waals surface area contributed by atoms with E-state index in [0.717, 1.165) is 0 Å². The summed E-state index contributed by atoms with van der Waals surface area (Å²) in [4.78, 5) is 10.4. The standard InChI is InChI=1S/C6H10O7.Ca.Na.3H/c7-1-2(8)4(5(10)11)13-6(12)3(1)9;;;;;/h1-4,6-9,12H,(H,10,11);;;;;/q;+2;+1;3*-1/t1-,2-,3+,4-,6+;;;;;/m0...../s1. The van der Waals surface area contributed by atoms with Gasteiger partial charge >= 0.3 is 73.3 Å². The van der Waals surface area contributed by atoms with E-state index in [0.29, 0.717) is 0 Å². The zero-order valence-electron chi connectivity index (χ0n) is 11.1. The molecule has 0 amide bonds. The van der Waals surface area contributed by atoms with Gasteiger partial charge in [-0.2, -0.15) is 0 Å². The van der Waals surface area contributed by atoms with Gasteiger partial charge in [-0.3, -0.25) is 0 Å². The second kappa shape index (κ2) is 7.78. The molecule has 0 aromatic carbocycles. The number of carbonyl (C=O) groups is 1. The summed E-state index contributed by atoms with van der Waals surface area (Å²) in [6.07, 6.45) is -8.72. The Kier molecular flexibility index (Phi) is 9.79. The van der Waals surface area contributed by atoms with Crippen molar-refractivity contribution in [1.29, 1.82) is 0 Å². The van der Waals surface area contributed by atoms with Crippen LogP contribution >= 0.6 is 0 Å². The summed E-state index contributed by atoms with van der Waals surface area (Å²) in [5.41, 5.74) is 0. The van der Waals surface area contributed by atoms with Gasteiger partial charge in [0.25, 0.3) is 0 Å². The predicted molar refractivity (Wildman–Crippen MR) is 45.6 cm³/mol. The third-order valence-electron chi connectivity index (χ3n) is 1.83. The second-order valence-corrected chi connectivity index (χ2v) is 2.76. The SMILES string of the molecule is O=C(O)[C@H]1O[C@@H](O)[C@H](O)[C@@H](O)[C@@H]1O.[Ca+2].[H-].[H-].[H-].[Na+]. The molecular weight excluding hydrogens is 247 g/mol. The molecule has 5 atom stereocenters. The Morgan fingerprint density at radius 1 is 1.07 bits per heavy atom. The number of hydrogen-bond donors (Lipinski definition) is 5. The number of aliphatic hydroxyl groups excluding tert-OH is 4. The van der Waals surface area contributed by atoms with Gasteiger partial charge in [-0.25, -0.2) is 4.79 Å². The van der Waals surface area contributed by atoms with Crippen molar-refractivity contribution in [2.75, 3.05) is 0 Å². The normalized spacial score (nSPS) is 39.9. The van der Waals surface area contributed by atoms with Gasteiger partial charge in [-0.1, -0.05) is 0 Å². The van der Waals surface area contributed by atoms with E-state index in [9.17, 15) is 4.79 Å². The van der Waals surface area contributed by atoms with Crippen LogP contribution in [0.4, 0.5) is 0 Å². The first-order chi connectivity index (χ1) is 5.95. The molecule has 9 heteroatoms. The van der Waals surface area contributed by atoms with Crippen LogP contribution in [0.2, 0.25) is 0 Å². The number of ether oxygens (including phenoxy) is 1. The maximum Gasteiger partial charge on any atom is 2.00 e. The predicted octanol–water partition coefficient (Wildman–Crippen LogP) is -6.17. The molecule has 1 heterocycles. The summed E-state index contributed by atoms with van der Waals surface area (Å²) in [6.45, 7) is 0. The molecule has 0 aromatic heterocycles. The van der Waals surface area contributed by atoms with Gasteiger partial charge in [0.05, 0.1) is 0 Å². The van der Waals surface area contributed by atoms with Crippen LogP contribution in [-0.2, 0) is 9.53 Å². The third-order valence-corrected chi connectivity index (χ3v) is 1.83. The molecule has 1 rings (SSSR count). The Labute approximate surface area is 142 Å².